The van der Waals surface area contributed by atoms with E-state index < -0.39 is 0 Å². The third-order valence-electron chi connectivity index (χ3n) is 4.02. The Balaban J connectivity index is 1.50. The first-order chi connectivity index (χ1) is 11.3. The van der Waals surface area contributed by atoms with E-state index in [1.165, 1.54) is 5.56 Å². The van der Waals surface area contributed by atoms with Gasteiger partial charge in [-0.25, -0.2) is 0 Å². The summed E-state index contributed by atoms with van der Waals surface area (Å²) in [5, 5.41) is 11.9. The molecule has 0 saturated carbocycles. The zero-order valence-electron chi connectivity index (χ0n) is 13.6. The number of aromatic nitrogens is 3. The van der Waals surface area contributed by atoms with Gasteiger partial charge in [-0.2, -0.15) is 0 Å². The van der Waals surface area contributed by atoms with Gasteiger partial charge in [0.15, 0.2) is 11.5 Å². The van der Waals surface area contributed by atoms with Crippen molar-refractivity contribution >= 4 is 5.65 Å². The van der Waals surface area contributed by atoms with E-state index >= 15 is 0 Å². The SMILES string of the molecule is COc1ccc(CCC(C)NCc2nnc3ccccn23)cc1. The van der Waals surface area contributed by atoms with Crippen LogP contribution in [-0.4, -0.2) is 27.7 Å². The van der Waals surface area contributed by atoms with Gasteiger partial charge in [0.2, 0.25) is 0 Å². The number of rotatable bonds is 7. The summed E-state index contributed by atoms with van der Waals surface area (Å²) in [6.07, 6.45) is 4.11. The Hall–Kier alpha value is -2.40. The average molecular weight is 310 g/mol. The standard InChI is InChI=1S/C18H22N4O/c1-14(6-7-15-8-10-16(23-2)11-9-15)19-13-18-21-20-17-5-3-4-12-22(17)18/h3-5,8-12,14,19H,6-7,13H2,1-2H3. The van der Waals surface area contributed by atoms with E-state index in [2.05, 4.69) is 34.6 Å². The normalized spacial score (nSPS) is 12.4. The number of nitrogens with zero attached hydrogens (tertiary/aromatic N) is 3. The van der Waals surface area contributed by atoms with E-state index in [0.717, 1.165) is 36.6 Å². The van der Waals surface area contributed by atoms with Crippen LogP contribution in [0.2, 0.25) is 0 Å². The molecule has 0 saturated heterocycles. The van der Waals surface area contributed by atoms with E-state index in [0.29, 0.717) is 6.04 Å². The summed E-state index contributed by atoms with van der Waals surface area (Å²) in [5.74, 6) is 1.84. The van der Waals surface area contributed by atoms with E-state index in [1.54, 1.807) is 7.11 Å². The van der Waals surface area contributed by atoms with Gasteiger partial charge in [0, 0.05) is 12.2 Å². The summed E-state index contributed by atoms with van der Waals surface area (Å²) in [4.78, 5) is 0. The van der Waals surface area contributed by atoms with Crippen molar-refractivity contribution in [2.24, 2.45) is 0 Å². The molecule has 0 radical (unpaired) electrons. The van der Waals surface area contributed by atoms with E-state index in [1.807, 2.05) is 40.9 Å². The zero-order chi connectivity index (χ0) is 16.1. The van der Waals surface area contributed by atoms with Gasteiger partial charge in [-0.15, -0.1) is 10.2 Å². The molecule has 2 aromatic heterocycles. The number of hydrogen-bond donors (Lipinski definition) is 1. The highest BCUT2D eigenvalue weighted by Gasteiger charge is 2.07. The van der Waals surface area contributed by atoms with Crippen LogP contribution in [0.5, 0.6) is 5.75 Å². The lowest BCUT2D eigenvalue weighted by atomic mass is 10.1. The number of fused-ring (bicyclic) bond motifs is 1. The summed E-state index contributed by atoms with van der Waals surface area (Å²) in [6.45, 7) is 2.92. The number of pyridine rings is 1. The van der Waals surface area contributed by atoms with E-state index in [-0.39, 0.29) is 0 Å². The lowest BCUT2D eigenvalue weighted by molar-refractivity contribution is 0.414. The molecular weight excluding hydrogens is 288 g/mol. The molecule has 23 heavy (non-hydrogen) atoms. The molecule has 1 unspecified atom stereocenters. The van der Waals surface area contributed by atoms with Crippen LogP contribution in [-0.2, 0) is 13.0 Å². The second-order valence-electron chi connectivity index (χ2n) is 5.71. The van der Waals surface area contributed by atoms with Crippen LogP contribution in [0, 0.1) is 0 Å². The molecule has 3 aromatic rings. The van der Waals surface area contributed by atoms with Gasteiger partial charge in [0.1, 0.15) is 5.75 Å². The minimum absolute atomic E-state index is 0.410. The van der Waals surface area contributed by atoms with Gasteiger partial charge in [0.05, 0.1) is 13.7 Å². The second-order valence-corrected chi connectivity index (χ2v) is 5.71. The highest BCUT2D eigenvalue weighted by molar-refractivity contribution is 5.36. The smallest absolute Gasteiger partial charge is 0.160 e. The van der Waals surface area contributed by atoms with Crippen molar-refractivity contribution in [3.63, 3.8) is 0 Å². The molecule has 0 aliphatic heterocycles. The highest BCUT2D eigenvalue weighted by atomic mass is 16.5. The third-order valence-corrected chi connectivity index (χ3v) is 4.02. The molecule has 0 aliphatic carbocycles. The third kappa shape index (κ3) is 3.87. The molecule has 0 amide bonds. The Morgan fingerprint density at radius 3 is 2.74 bits per heavy atom. The van der Waals surface area contributed by atoms with Crippen molar-refractivity contribution in [3.05, 3.63) is 60.0 Å². The fourth-order valence-corrected chi connectivity index (χ4v) is 2.55. The topological polar surface area (TPSA) is 51.5 Å². The van der Waals surface area contributed by atoms with E-state index in [4.69, 9.17) is 4.74 Å². The predicted molar refractivity (Wildman–Crippen MR) is 90.6 cm³/mol. The largest absolute Gasteiger partial charge is 0.497 e. The maximum Gasteiger partial charge on any atom is 0.160 e. The molecule has 5 heteroatoms. The van der Waals surface area contributed by atoms with Crippen LogP contribution in [0.3, 0.4) is 0 Å². The molecule has 0 spiro atoms. The molecule has 3 rings (SSSR count). The van der Waals surface area contributed by atoms with Crippen molar-refractivity contribution in [2.45, 2.75) is 32.4 Å². The number of hydrogen-bond acceptors (Lipinski definition) is 4. The van der Waals surface area contributed by atoms with Crippen LogP contribution in [0.15, 0.2) is 48.7 Å². The highest BCUT2D eigenvalue weighted by Crippen LogP contribution is 2.13. The molecule has 120 valence electrons. The van der Waals surface area contributed by atoms with Crippen molar-refractivity contribution < 1.29 is 4.74 Å². The van der Waals surface area contributed by atoms with Crippen LogP contribution in [0.4, 0.5) is 0 Å². The Bertz CT molecular complexity index is 751. The quantitative estimate of drug-likeness (QED) is 0.729. The maximum absolute atomic E-state index is 5.18. The van der Waals surface area contributed by atoms with Crippen LogP contribution < -0.4 is 10.1 Å². The summed E-state index contributed by atoms with van der Waals surface area (Å²) in [7, 11) is 1.69. The number of methoxy groups -OCH3 is 1. The number of benzene rings is 1. The molecule has 1 N–H and O–H groups in total. The average Bonchev–Trinajstić information content (AvgIpc) is 3.02. The number of aryl methyl sites for hydroxylation is 1. The van der Waals surface area contributed by atoms with E-state index in [9.17, 15) is 0 Å². The maximum atomic E-state index is 5.18. The van der Waals surface area contributed by atoms with Gasteiger partial charge in [-0.1, -0.05) is 18.2 Å². The summed E-state index contributed by atoms with van der Waals surface area (Å²) in [6, 6.07) is 14.6. The first-order valence-corrected chi connectivity index (χ1v) is 7.91. The summed E-state index contributed by atoms with van der Waals surface area (Å²) >= 11 is 0. The van der Waals surface area contributed by atoms with Crippen molar-refractivity contribution in [3.8, 4) is 5.75 Å². The van der Waals surface area contributed by atoms with Crippen LogP contribution >= 0.6 is 0 Å². The lowest BCUT2D eigenvalue weighted by Crippen LogP contribution is -2.27. The second kappa shape index (κ2) is 7.24. The first kappa shape index (κ1) is 15.5. The molecular formula is C18H22N4O. The molecule has 1 atom stereocenters. The van der Waals surface area contributed by atoms with Crippen molar-refractivity contribution in [1.82, 2.24) is 19.9 Å². The molecule has 0 aliphatic rings. The predicted octanol–water partition coefficient (Wildman–Crippen LogP) is 2.85. The van der Waals surface area contributed by atoms with Gasteiger partial charge in [-0.3, -0.25) is 4.40 Å². The molecule has 2 heterocycles. The van der Waals surface area contributed by atoms with Crippen LogP contribution in [0.25, 0.3) is 5.65 Å². The number of ether oxygens (including phenoxy) is 1. The molecule has 1 aromatic carbocycles. The van der Waals surface area contributed by atoms with Gasteiger partial charge < -0.3 is 10.1 Å². The lowest BCUT2D eigenvalue weighted by Gasteiger charge is -2.13. The summed E-state index contributed by atoms with van der Waals surface area (Å²) < 4.78 is 7.20. The molecule has 0 fully saturated rings. The Labute approximate surface area is 136 Å². The minimum atomic E-state index is 0.410. The van der Waals surface area contributed by atoms with Crippen LogP contribution in [0.1, 0.15) is 24.7 Å². The van der Waals surface area contributed by atoms with Gasteiger partial charge in [-0.05, 0) is 49.6 Å². The van der Waals surface area contributed by atoms with Crippen molar-refractivity contribution in [2.75, 3.05) is 7.11 Å². The molecule has 0 bridgehead atoms. The van der Waals surface area contributed by atoms with Gasteiger partial charge in [0.25, 0.3) is 0 Å². The zero-order valence-corrected chi connectivity index (χ0v) is 13.6. The Kier molecular flexibility index (Phi) is 4.88. The minimum Gasteiger partial charge on any atom is -0.497 e. The first-order valence-electron chi connectivity index (χ1n) is 7.91. The van der Waals surface area contributed by atoms with Crippen molar-refractivity contribution in [1.29, 1.82) is 0 Å². The fraction of sp³-hybridized carbons (Fsp3) is 0.333. The number of nitrogens with one attached hydrogen (secondary N) is 1. The Morgan fingerprint density at radius 2 is 1.96 bits per heavy atom. The fourth-order valence-electron chi connectivity index (χ4n) is 2.55. The monoisotopic (exact) mass is 310 g/mol. The van der Waals surface area contributed by atoms with Gasteiger partial charge >= 0.3 is 0 Å². The summed E-state index contributed by atoms with van der Waals surface area (Å²) in [5.41, 5.74) is 2.21. The molecule has 5 nitrogen and oxygen atoms in total. The Morgan fingerprint density at radius 1 is 1.13 bits per heavy atom.